The van der Waals surface area contributed by atoms with Crippen LogP contribution < -0.4 is 9.47 Å². The summed E-state index contributed by atoms with van der Waals surface area (Å²) in [5.41, 5.74) is 8.09. The number of fused-ring (bicyclic) bond motifs is 3. The van der Waals surface area contributed by atoms with Gasteiger partial charge >= 0.3 is 17.9 Å². The summed E-state index contributed by atoms with van der Waals surface area (Å²) >= 11 is 0. The van der Waals surface area contributed by atoms with Crippen molar-refractivity contribution in [2.75, 3.05) is 33.0 Å². The molecule has 0 bridgehead atoms. The number of allylic oxidation sites excluding steroid dienone is 1. The number of carbonyl (C=O) groups excluding carboxylic acids is 4. The molecule has 322 valence electrons. The smallest absolute Gasteiger partial charge is 0.343 e. The molecule has 11 nitrogen and oxygen atoms in total. The van der Waals surface area contributed by atoms with Gasteiger partial charge in [-0.1, -0.05) is 93.2 Å². The Hall–Kier alpha value is -7.24. The first-order valence-corrected chi connectivity index (χ1v) is 20.9. The van der Waals surface area contributed by atoms with Crippen molar-refractivity contribution in [2.24, 2.45) is 16.1 Å². The first-order valence-electron chi connectivity index (χ1n) is 20.9. The van der Waals surface area contributed by atoms with Crippen molar-refractivity contribution in [3.05, 3.63) is 180 Å². The van der Waals surface area contributed by atoms with Crippen molar-refractivity contribution >= 4 is 35.6 Å². The first kappa shape index (κ1) is 45.3. The SMILES string of the molecule is C=CC(=O)OCCCCOCC(COc1ccc(C(=O)Oc2ccc(CCOC(=O)c3ccc(CCC)cc3)cc2/C=N/N=C2c3ccccc3-c3ccccc32)cc1)C(=O)C=C. The van der Waals surface area contributed by atoms with Gasteiger partial charge in [-0.25, -0.2) is 14.4 Å². The molecule has 5 aromatic rings. The van der Waals surface area contributed by atoms with Crippen LogP contribution in [0.2, 0.25) is 0 Å². The molecule has 63 heavy (non-hydrogen) atoms. The predicted molar refractivity (Wildman–Crippen MR) is 243 cm³/mol. The topological polar surface area (TPSA) is 139 Å². The third kappa shape index (κ3) is 12.7. The average molecular weight is 847 g/mol. The van der Waals surface area contributed by atoms with Gasteiger partial charge in [0, 0.05) is 35.8 Å². The monoisotopic (exact) mass is 846 g/mol. The van der Waals surface area contributed by atoms with E-state index in [2.05, 4.69) is 42.4 Å². The highest BCUT2D eigenvalue weighted by atomic mass is 16.5. The summed E-state index contributed by atoms with van der Waals surface area (Å²) in [5.74, 6) is -1.60. The van der Waals surface area contributed by atoms with E-state index in [-0.39, 0.29) is 43.5 Å². The molecular formula is C52H50N2O9. The van der Waals surface area contributed by atoms with Gasteiger partial charge in [-0.15, -0.1) is 5.10 Å². The molecular weight excluding hydrogens is 797 g/mol. The fraction of sp³-hybridized carbons (Fsp3) is 0.231. The molecule has 1 aliphatic rings. The van der Waals surface area contributed by atoms with Crippen molar-refractivity contribution in [1.29, 1.82) is 0 Å². The molecule has 0 aliphatic heterocycles. The predicted octanol–water partition coefficient (Wildman–Crippen LogP) is 9.39. The highest BCUT2D eigenvalue weighted by Gasteiger charge is 2.24. The van der Waals surface area contributed by atoms with Gasteiger partial charge in [-0.2, -0.15) is 5.10 Å². The molecule has 0 fully saturated rings. The summed E-state index contributed by atoms with van der Waals surface area (Å²) < 4.78 is 28.1. The van der Waals surface area contributed by atoms with Crippen LogP contribution in [0.1, 0.15) is 74.7 Å². The van der Waals surface area contributed by atoms with Gasteiger partial charge in [0.05, 0.1) is 43.1 Å². The number of aryl methyl sites for hydroxylation is 1. The van der Waals surface area contributed by atoms with Crippen LogP contribution in [0.5, 0.6) is 11.5 Å². The molecule has 5 aromatic carbocycles. The number of rotatable bonds is 23. The van der Waals surface area contributed by atoms with Gasteiger partial charge < -0.3 is 23.7 Å². The van der Waals surface area contributed by atoms with Gasteiger partial charge in [0.25, 0.3) is 0 Å². The molecule has 1 aliphatic carbocycles. The summed E-state index contributed by atoms with van der Waals surface area (Å²) in [7, 11) is 0. The Morgan fingerprint density at radius 1 is 0.651 bits per heavy atom. The number of hydrogen-bond acceptors (Lipinski definition) is 11. The van der Waals surface area contributed by atoms with Crippen molar-refractivity contribution in [1.82, 2.24) is 0 Å². The molecule has 0 saturated heterocycles. The van der Waals surface area contributed by atoms with Crippen molar-refractivity contribution in [2.45, 2.75) is 39.0 Å². The van der Waals surface area contributed by atoms with E-state index in [0.29, 0.717) is 42.7 Å². The molecule has 1 atom stereocenters. The molecule has 0 N–H and O–H groups in total. The standard InChI is InChI=1S/C52H50N2O9/c1-4-13-36-18-21-38(22-19-36)51(57)61-31-28-37-20-27-48(40(32-37)33-53-54-50-45-16-9-7-14-43(45)44-15-8-10-17-46(44)50)63-52(58)39-23-25-42(26-24-39)62-35-41(47(55)5-2)34-59-29-11-12-30-60-49(56)6-3/h5-10,14-27,32-33,41H,2-4,11-13,28-31,34-35H2,1H3/b53-33+. The summed E-state index contributed by atoms with van der Waals surface area (Å²) in [6.45, 7) is 10.0. The molecule has 1 unspecified atom stereocenters. The van der Waals surface area contributed by atoms with Crippen LogP contribution >= 0.6 is 0 Å². The maximum Gasteiger partial charge on any atom is 0.343 e. The molecule has 0 heterocycles. The molecule has 11 heteroatoms. The Balaban J connectivity index is 1.11. The molecule has 6 rings (SSSR count). The van der Waals surface area contributed by atoms with Crippen LogP contribution in [0.3, 0.4) is 0 Å². The second-order valence-corrected chi connectivity index (χ2v) is 14.7. The van der Waals surface area contributed by atoms with E-state index in [0.717, 1.165) is 52.4 Å². The van der Waals surface area contributed by atoms with Crippen LogP contribution in [-0.2, 0) is 36.6 Å². The number of benzene rings is 5. The number of esters is 3. The summed E-state index contributed by atoms with van der Waals surface area (Å²) in [5, 5.41) is 9.14. The number of carbonyl (C=O) groups is 4. The Morgan fingerprint density at radius 2 is 1.29 bits per heavy atom. The second-order valence-electron chi connectivity index (χ2n) is 14.7. The minimum absolute atomic E-state index is 0.0351. The summed E-state index contributed by atoms with van der Waals surface area (Å²) in [6.07, 6.45) is 7.53. The van der Waals surface area contributed by atoms with Gasteiger partial charge in [-0.3, -0.25) is 4.79 Å². The third-order valence-corrected chi connectivity index (χ3v) is 10.2. The van der Waals surface area contributed by atoms with Crippen LogP contribution in [-0.4, -0.2) is 68.7 Å². The Morgan fingerprint density at radius 3 is 1.95 bits per heavy atom. The minimum Gasteiger partial charge on any atom is -0.493 e. The molecule has 0 amide bonds. The lowest BCUT2D eigenvalue weighted by Gasteiger charge is -2.16. The number of unbranched alkanes of at least 4 members (excludes halogenated alkanes) is 1. The third-order valence-electron chi connectivity index (χ3n) is 10.2. The highest BCUT2D eigenvalue weighted by Crippen LogP contribution is 2.36. The number of ether oxygens (including phenoxy) is 5. The van der Waals surface area contributed by atoms with Crippen LogP contribution in [0.4, 0.5) is 0 Å². The summed E-state index contributed by atoms with van der Waals surface area (Å²) in [4.78, 5) is 50.0. The second kappa shape index (κ2) is 23.1. The van der Waals surface area contributed by atoms with Crippen LogP contribution in [0, 0.1) is 5.92 Å². The van der Waals surface area contributed by atoms with Gasteiger partial charge in [0.1, 0.15) is 23.8 Å². The van der Waals surface area contributed by atoms with Gasteiger partial charge in [0.15, 0.2) is 5.78 Å². The Labute approximate surface area is 367 Å². The first-order chi connectivity index (χ1) is 30.8. The van der Waals surface area contributed by atoms with Crippen molar-refractivity contribution < 1.29 is 42.9 Å². The molecule has 0 radical (unpaired) electrons. The van der Waals surface area contributed by atoms with Crippen molar-refractivity contribution in [3.8, 4) is 22.6 Å². The van der Waals surface area contributed by atoms with E-state index in [9.17, 15) is 19.2 Å². The van der Waals surface area contributed by atoms with Gasteiger partial charge in [-0.05, 0) is 96.1 Å². The average Bonchev–Trinajstić information content (AvgIpc) is 3.63. The zero-order chi connectivity index (χ0) is 44.4. The summed E-state index contributed by atoms with van der Waals surface area (Å²) in [6, 6.07) is 35.3. The number of ketones is 1. The maximum absolute atomic E-state index is 13.5. The Bertz CT molecular complexity index is 2420. The fourth-order valence-electron chi connectivity index (χ4n) is 6.82. The number of hydrogen-bond donors (Lipinski definition) is 0. The Kier molecular flexibility index (Phi) is 16.6. The normalized spacial score (nSPS) is 11.9. The highest BCUT2D eigenvalue weighted by molar-refractivity contribution is 6.24. The lowest BCUT2D eigenvalue weighted by atomic mass is 10.1. The van der Waals surface area contributed by atoms with Crippen LogP contribution in [0.15, 0.2) is 151 Å². The molecule has 0 spiro atoms. The largest absolute Gasteiger partial charge is 0.493 e. The van der Waals surface area contributed by atoms with E-state index in [1.54, 1.807) is 48.7 Å². The zero-order valence-corrected chi connectivity index (χ0v) is 35.3. The lowest BCUT2D eigenvalue weighted by molar-refractivity contribution is -0.138. The number of nitrogens with zero attached hydrogens (tertiary/aromatic N) is 2. The van der Waals surface area contributed by atoms with E-state index < -0.39 is 23.8 Å². The van der Waals surface area contributed by atoms with E-state index in [1.165, 1.54) is 11.6 Å². The van der Waals surface area contributed by atoms with Crippen molar-refractivity contribution in [3.63, 3.8) is 0 Å². The maximum atomic E-state index is 13.5. The molecule has 0 aromatic heterocycles. The lowest BCUT2D eigenvalue weighted by Crippen LogP contribution is -2.25. The van der Waals surface area contributed by atoms with Gasteiger partial charge in [0.2, 0.25) is 0 Å². The van der Waals surface area contributed by atoms with E-state index in [1.807, 2.05) is 60.7 Å². The quantitative estimate of drug-likeness (QED) is 0.0154. The minimum atomic E-state index is -0.611. The molecule has 0 saturated carbocycles. The zero-order valence-electron chi connectivity index (χ0n) is 35.3. The van der Waals surface area contributed by atoms with E-state index in [4.69, 9.17) is 23.7 Å². The van der Waals surface area contributed by atoms with Crippen LogP contribution in [0.25, 0.3) is 11.1 Å². The fourth-order valence-corrected chi connectivity index (χ4v) is 6.82. The van der Waals surface area contributed by atoms with E-state index >= 15 is 0 Å².